The number of hydrogen-bond donors (Lipinski definition) is 2. The first-order valence-corrected chi connectivity index (χ1v) is 7.63. The highest BCUT2D eigenvalue weighted by Crippen LogP contribution is 2.16. The number of nitrogens with one attached hydrogen (secondary N) is 2. The van der Waals surface area contributed by atoms with E-state index in [1.54, 1.807) is 0 Å². The van der Waals surface area contributed by atoms with Crippen LogP contribution in [-0.2, 0) is 11.2 Å². The summed E-state index contributed by atoms with van der Waals surface area (Å²) in [5, 5.41) is 10.1. The van der Waals surface area contributed by atoms with Gasteiger partial charge in [-0.3, -0.25) is 4.79 Å². The molecule has 2 aromatic rings. The minimum Gasteiger partial charge on any atom is -0.354 e. The monoisotopic (exact) mass is 300 g/mol. The molecule has 2 heterocycles. The molecule has 1 amide bonds. The maximum absolute atomic E-state index is 11.9. The Labute approximate surface area is 129 Å². The van der Waals surface area contributed by atoms with E-state index in [1.807, 2.05) is 31.2 Å². The highest BCUT2D eigenvalue weighted by Gasteiger charge is 2.21. The summed E-state index contributed by atoms with van der Waals surface area (Å²) in [5.74, 6) is 1.17. The predicted octanol–water partition coefficient (Wildman–Crippen LogP) is 1.46. The van der Waals surface area contributed by atoms with E-state index >= 15 is 0 Å². The molecule has 116 valence electrons. The minimum absolute atomic E-state index is 0.0502. The second-order valence-electron chi connectivity index (χ2n) is 5.57. The van der Waals surface area contributed by atoms with Crippen LogP contribution in [0.5, 0.6) is 0 Å². The summed E-state index contributed by atoms with van der Waals surface area (Å²) in [6.07, 6.45) is 2.50. The second kappa shape index (κ2) is 6.70. The molecule has 0 aliphatic carbocycles. The van der Waals surface area contributed by atoms with Crippen LogP contribution in [0, 0.1) is 6.92 Å². The molecule has 0 saturated carbocycles. The topological polar surface area (TPSA) is 80.0 Å². The van der Waals surface area contributed by atoms with Gasteiger partial charge in [0.1, 0.15) is 0 Å². The summed E-state index contributed by atoms with van der Waals surface area (Å²) in [6, 6.07) is 7.92. The molecule has 0 bridgehead atoms. The van der Waals surface area contributed by atoms with Crippen LogP contribution in [0.1, 0.15) is 24.3 Å². The van der Waals surface area contributed by atoms with Crippen LogP contribution in [0.2, 0.25) is 0 Å². The summed E-state index contributed by atoms with van der Waals surface area (Å²) in [6.45, 7) is 3.46. The van der Waals surface area contributed by atoms with Crippen LogP contribution in [0.15, 0.2) is 28.8 Å². The van der Waals surface area contributed by atoms with E-state index in [0.717, 1.165) is 24.9 Å². The first-order chi connectivity index (χ1) is 10.7. The maximum atomic E-state index is 11.9. The zero-order valence-electron chi connectivity index (χ0n) is 12.6. The number of carbonyl (C=O) groups excluding carboxylic acids is 1. The smallest absolute Gasteiger partial charge is 0.237 e. The molecule has 0 spiro atoms. The summed E-state index contributed by atoms with van der Waals surface area (Å²) >= 11 is 0. The van der Waals surface area contributed by atoms with Crippen LogP contribution in [0.3, 0.4) is 0 Å². The molecular formula is C16H20N4O2. The van der Waals surface area contributed by atoms with Gasteiger partial charge >= 0.3 is 0 Å². The van der Waals surface area contributed by atoms with E-state index in [-0.39, 0.29) is 11.9 Å². The lowest BCUT2D eigenvalue weighted by molar-refractivity contribution is -0.122. The third-order valence-electron chi connectivity index (χ3n) is 3.79. The molecule has 1 aromatic heterocycles. The number of benzene rings is 1. The number of amides is 1. The molecule has 1 aliphatic heterocycles. The molecule has 22 heavy (non-hydrogen) atoms. The van der Waals surface area contributed by atoms with E-state index in [1.165, 1.54) is 5.56 Å². The van der Waals surface area contributed by atoms with E-state index in [2.05, 4.69) is 20.8 Å². The predicted molar refractivity (Wildman–Crippen MR) is 82.2 cm³/mol. The quantitative estimate of drug-likeness (QED) is 0.874. The molecule has 6 heteroatoms. The van der Waals surface area contributed by atoms with Crippen LogP contribution in [0.25, 0.3) is 11.4 Å². The third kappa shape index (κ3) is 3.51. The fraction of sp³-hybridized carbons (Fsp3) is 0.438. The molecule has 1 aliphatic rings. The molecule has 1 saturated heterocycles. The van der Waals surface area contributed by atoms with E-state index in [9.17, 15) is 4.79 Å². The van der Waals surface area contributed by atoms with Gasteiger partial charge in [-0.2, -0.15) is 4.98 Å². The summed E-state index contributed by atoms with van der Waals surface area (Å²) in [5.41, 5.74) is 2.12. The number of aromatic nitrogens is 2. The average molecular weight is 300 g/mol. The van der Waals surface area contributed by atoms with Crippen LogP contribution >= 0.6 is 0 Å². The van der Waals surface area contributed by atoms with E-state index in [4.69, 9.17) is 4.52 Å². The van der Waals surface area contributed by atoms with Crippen molar-refractivity contribution < 1.29 is 9.32 Å². The fourth-order valence-corrected chi connectivity index (χ4v) is 2.50. The van der Waals surface area contributed by atoms with Gasteiger partial charge in [0.15, 0.2) is 0 Å². The average Bonchev–Trinajstić information content (AvgIpc) is 3.19. The molecule has 1 unspecified atom stereocenters. The second-order valence-corrected chi connectivity index (χ2v) is 5.57. The molecule has 0 radical (unpaired) electrons. The first-order valence-electron chi connectivity index (χ1n) is 7.63. The number of carbonyl (C=O) groups is 1. The normalized spacial score (nSPS) is 17.6. The third-order valence-corrected chi connectivity index (χ3v) is 3.79. The van der Waals surface area contributed by atoms with Crippen molar-refractivity contribution in [3.8, 4) is 11.4 Å². The molecule has 3 rings (SSSR count). The number of rotatable bonds is 5. The summed E-state index contributed by atoms with van der Waals surface area (Å²) in [7, 11) is 0. The highest BCUT2D eigenvalue weighted by atomic mass is 16.5. The van der Waals surface area contributed by atoms with Gasteiger partial charge in [0.05, 0.1) is 6.04 Å². The lowest BCUT2D eigenvalue weighted by Gasteiger charge is -2.09. The molecule has 1 fully saturated rings. The molecule has 1 atom stereocenters. The Morgan fingerprint density at radius 2 is 2.23 bits per heavy atom. The standard InChI is InChI=1S/C16H20N4O2/c1-11-4-6-12(7-5-11)15-19-14(22-20-15)8-10-18-16(21)13-3-2-9-17-13/h4-7,13,17H,2-3,8-10H2,1H3,(H,18,21). The Bertz CT molecular complexity index is 630. The van der Waals surface area contributed by atoms with Crippen molar-refractivity contribution in [1.29, 1.82) is 0 Å². The number of nitrogens with zero attached hydrogens (tertiary/aromatic N) is 2. The highest BCUT2D eigenvalue weighted by molar-refractivity contribution is 5.81. The Balaban J connectivity index is 1.51. The van der Waals surface area contributed by atoms with Crippen molar-refractivity contribution in [2.45, 2.75) is 32.2 Å². The van der Waals surface area contributed by atoms with Gasteiger partial charge in [0.25, 0.3) is 0 Å². The largest absolute Gasteiger partial charge is 0.354 e. The molecule has 2 N–H and O–H groups in total. The zero-order chi connectivity index (χ0) is 15.4. The SMILES string of the molecule is Cc1ccc(-c2noc(CCNC(=O)C3CCCN3)n2)cc1. The fourth-order valence-electron chi connectivity index (χ4n) is 2.50. The van der Waals surface area contributed by atoms with Gasteiger partial charge in [-0.1, -0.05) is 35.0 Å². The van der Waals surface area contributed by atoms with Crippen LogP contribution in [0.4, 0.5) is 0 Å². The van der Waals surface area contributed by atoms with Gasteiger partial charge in [0.2, 0.25) is 17.6 Å². The van der Waals surface area contributed by atoms with Crippen LogP contribution < -0.4 is 10.6 Å². The van der Waals surface area contributed by atoms with Crippen molar-refractivity contribution in [3.63, 3.8) is 0 Å². The van der Waals surface area contributed by atoms with Gasteiger partial charge in [-0.25, -0.2) is 0 Å². The Morgan fingerprint density at radius 1 is 1.41 bits per heavy atom. The summed E-state index contributed by atoms with van der Waals surface area (Å²) < 4.78 is 5.23. The van der Waals surface area contributed by atoms with Gasteiger partial charge in [-0.05, 0) is 26.3 Å². The summed E-state index contributed by atoms with van der Waals surface area (Å²) in [4.78, 5) is 16.2. The maximum Gasteiger partial charge on any atom is 0.237 e. The molecule has 6 nitrogen and oxygen atoms in total. The lowest BCUT2D eigenvalue weighted by atomic mass is 10.1. The minimum atomic E-state index is -0.0502. The van der Waals surface area contributed by atoms with Crippen molar-refractivity contribution in [2.75, 3.05) is 13.1 Å². The van der Waals surface area contributed by atoms with Gasteiger partial charge in [-0.15, -0.1) is 0 Å². The van der Waals surface area contributed by atoms with Gasteiger partial charge in [0, 0.05) is 18.5 Å². The Morgan fingerprint density at radius 3 is 2.95 bits per heavy atom. The van der Waals surface area contributed by atoms with Crippen molar-refractivity contribution in [3.05, 3.63) is 35.7 Å². The van der Waals surface area contributed by atoms with Crippen molar-refractivity contribution in [2.24, 2.45) is 0 Å². The van der Waals surface area contributed by atoms with Crippen molar-refractivity contribution in [1.82, 2.24) is 20.8 Å². The number of hydrogen-bond acceptors (Lipinski definition) is 5. The van der Waals surface area contributed by atoms with Crippen molar-refractivity contribution >= 4 is 5.91 Å². The molecule has 1 aromatic carbocycles. The Hall–Kier alpha value is -2.21. The lowest BCUT2D eigenvalue weighted by Crippen LogP contribution is -2.41. The zero-order valence-corrected chi connectivity index (χ0v) is 12.6. The van der Waals surface area contributed by atoms with Crippen LogP contribution in [-0.4, -0.2) is 35.2 Å². The first kappa shape index (κ1) is 14.7. The molecular weight excluding hydrogens is 280 g/mol. The van der Waals surface area contributed by atoms with Gasteiger partial charge < -0.3 is 15.2 Å². The Kier molecular flexibility index (Phi) is 4.48. The number of aryl methyl sites for hydroxylation is 1. The van der Waals surface area contributed by atoms with E-state index in [0.29, 0.717) is 24.7 Å². The van der Waals surface area contributed by atoms with E-state index < -0.39 is 0 Å².